The number of carbonyl (C=O) groups excluding carboxylic acids is 1. The summed E-state index contributed by atoms with van der Waals surface area (Å²) in [6.07, 6.45) is 4.68. The lowest BCUT2D eigenvalue weighted by atomic mass is 10.5. The second-order valence-corrected chi connectivity index (χ2v) is 1.14. The minimum atomic E-state index is 0.0144. The van der Waals surface area contributed by atoms with E-state index in [0.29, 0.717) is 6.54 Å². The SMILES string of the molecule is O=[C]NC/C=C/CO. The molecule has 0 saturated heterocycles. The first-order chi connectivity index (χ1) is 3.91. The summed E-state index contributed by atoms with van der Waals surface area (Å²) in [5.41, 5.74) is 0. The molecule has 0 aromatic carbocycles. The van der Waals surface area contributed by atoms with Gasteiger partial charge in [0.25, 0.3) is 0 Å². The smallest absolute Gasteiger partial charge is 0.309 e. The summed E-state index contributed by atoms with van der Waals surface area (Å²) in [5, 5.41) is 10.4. The molecular formula is C5H8NO2. The Kier molecular flexibility index (Phi) is 5.53. The molecule has 2 N–H and O–H groups in total. The molecule has 1 radical (unpaired) electrons. The van der Waals surface area contributed by atoms with E-state index in [1.165, 1.54) is 6.41 Å². The number of hydrogen-bond acceptors (Lipinski definition) is 2. The molecule has 1 amide bonds. The van der Waals surface area contributed by atoms with Crippen LogP contribution in [-0.2, 0) is 4.79 Å². The quantitative estimate of drug-likeness (QED) is 0.285. The van der Waals surface area contributed by atoms with E-state index in [1.807, 2.05) is 0 Å². The molecule has 0 saturated carbocycles. The van der Waals surface area contributed by atoms with Gasteiger partial charge in [0.15, 0.2) is 0 Å². The second kappa shape index (κ2) is 6.17. The maximum Gasteiger partial charge on any atom is 0.309 e. The summed E-state index contributed by atoms with van der Waals surface area (Å²) in [4.78, 5) is 9.44. The van der Waals surface area contributed by atoms with Crippen molar-refractivity contribution in [2.45, 2.75) is 0 Å². The lowest BCUT2D eigenvalue weighted by molar-refractivity contribution is 0.342. The average Bonchev–Trinajstić information content (AvgIpc) is 1.81. The van der Waals surface area contributed by atoms with Crippen LogP contribution in [0.3, 0.4) is 0 Å². The molecule has 0 aliphatic rings. The monoisotopic (exact) mass is 114 g/mol. The molecular weight excluding hydrogens is 106 g/mol. The van der Waals surface area contributed by atoms with E-state index < -0.39 is 0 Å². The van der Waals surface area contributed by atoms with E-state index in [9.17, 15) is 4.79 Å². The highest BCUT2D eigenvalue weighted by molar-refractivity contribution is 5.47. The number of aliphatic hydroxyl groups is 1. The summed E-state index contributed by atoms with van der Waals surface area (Å²) in [6.45, 7) is 0.449. The van der Waals surface area contributed by atoms with Gasteiger partial charge in [-0.05, 0) is 0 Å². The van der Waals surface area contributed by atoms with Gasteiger partial charge in [-0.15, -0.1) is 0 Å². The fourth-order valence-electron chi connectivity index (χ4n) is 0.258. The highest BCUT2D eigenvalue weighted by Crippen LogP contribution is 1.64. The summed E-state index contributed by atoms with van der Waals surface area (Å²) >= 11 is 0. The molecule has 0 bridgehead atoms. The Bertz CT molecular complexity index is 80.5. The lowest BCUT2D eigenvalue weighted by Gasteiger charge is -1.83. The Labute approximate surface area is 48.0 Å². The molecule has 3 nitrogen and oxygen atoms in total. The van der Waals surface area contributed by atoms with E-state index in [-0.39, 0.29) is 6.61 Å². The van der Waals surface area contributed by atoms with Crippen molar-refractivity contribution in [3.8, 4) is 0 Å². The van der Waals surface area contributed by atoms with Crippen molar-refractivity contribution >= 4 is 6.41 Å². The van der Waals surface area contributed by atoms with Gasteiger partial charge in [-0.2, -0.15) is 0 Å². The molecule has 0 aliphatic heterocycles. The Hall–Kier alpha value is -0.830. The van der Waals surface area contributed by atoms with Gasteiger partial charge in [0.1, 0.15) is 0 Å². The highest BCUT2D eigenvalue weighted by atomic mass is 16.2. The van der Waals surface area contributed by atoms with E-state index in [0.717, 1.165) is 0 Å². The van der Waals surface area contributed by atoms with Crippen molar-refractivity contribution in [3.05, 3.63) is 12.2 Å². The minimum absolute atomic E-state index is 0.0144. The first-order valence-corrected chi connectivity index (χ1v) is 2.27. The summed E-state index contributed by atoms with van der Waals surface area (Å²) in [6, 6.07) is 0. The van der Waals surface area contributed by atoms with Crippen molar-refractivity contribution in [1.82, 2.24) is 5.32 Å². The van der Waals surface area contributed by atoms with Crippen LogP contribution in [0.5, 0.6) is 0 Å². The van der Waals surface area contributed by atoms with Crippen molar-refractivity contribution in [2.75, 3.05) is 13.2 Å². The topological polar surface area (TPSA) is 49.3 Å². The van der Waals surface area contributed by atoms with E-state index >= 15 is 0 Å². The molecule has 0 rings (SSSR count). The van der Waals surface area contributed by atoms with Crippen LogP contribution in [0, 0.1) is 0 Å². The lowest BCUT2D eigenvalue weighted by Crippen LogP contribution is -2.09. The Balaban J connectivity index is 2.90. The maximum atomic E-state index is 9.44. The van der Waals surface area contributed by atoms with Gasteiger partial charge in [-0.3, -0.25) is 4.79 Å². The maximum absolute atomic E-state index is 9.44. The number of aliphatic hydroxyl groups excluding tert-OH is 1. The molecule has 0 unspecified atom stereocenters. The van der Waals surface area contributed by atoms with Crippen LogP contribution in [0.2, 0.25) is 0 Å². The van der Waals surface area contributed by atoms with Gasteiger partial charge in [-0.1, -0.05) is 12.2 Å². The summed E-state index contributed by atoms with van der Waals surface area (Å²) < 4.78 is 0. The van der Waals surface area contributed by atoms with Gasteiger partial charge in [-0.25, -0.2) is 0 Å². The molecule has 8 heavy (non-hydrogen) atoms. The third kappa shape index (κ3) is 5.17. The van der Waals surface area contributed by atoms with Gasteiger partial charge in [0.2, 0.25) is 0 Å². The van der Waals surface area contributed by atoms with Crippen LogP contribution in [0.4, 0.5) is 0 Å². The molecule has 0 aromatic rings. The van der Waals surface area contributed by atoms with Crippen LogP contribution in [0.1, 0.15) is 0 Å². The van der Waals surface area contributed by atoms with Crippen molar-refractivity contribution < 1.29 is 9.90 Å². The zero-order chi connectivity index (χ0) is 6.24. The number of nitrogens with one attached hydrogen (secondary N) is 1. The standard InChI is InChI=1S/C5H8NO2/c7-4-2-1-3-6-5-8/h1-2,7H,3-4H2,(H,6,8)/b2-1+. The normalized spacial score (nSPS) is 9.62. The molecule has 0 heterocycles. The third-order valence-corrected chi connectivity index (χ3v) is 0.564. The van der Waals surface area contributed by atoms with Gasteiger partial charge in [0, 0.05) is 6.54 Å². The zero-order valence-corrected chi connectivity index (χ0v) is 4.42. The van der Waals surface area contributed by atoms with Gasteiger partial charge >= 0.3 is 6.41 Å². The molecule has 3 heteroatoms. The van der Waals surface area contributed by atoms with Crippen LogP contribution >= 0.6 is 0 Å². The molecule has 0 fully saturated rings. The molecule has 0 spiro atoms. The third-order valence-electron chi connectivity index (χ3n) is 0.564. The van der Waals surface area contributed by atoms with E-state index in [4.69, 9.17) is 5.11 Å². The minimum Gasteiger partial charge on any atom is -0.392 e. The van der Waals surface area contributed by atoms with Crippen molar-refractivity contribution in [1.29, 1.82) is 0 Å². The number of amides is 1. The molecule has 0 aliphatic carbocycles. The van der Waals surface area contributed by atoms with Crippen LogP contribution in [0.15, 0.2) is 12.2 Å². The van der Waals surface area contributed by atoms with Gasteiger partial charge < -0.3 is 10.4 Å². The first kappa shape index (κ1) is 7.17. The predicted molar refractivity (Wildman–Crippen MR) is 29.9 cm³/mol. The first-order valence-electron chi connectivity index (χ1n) is 2.27. The van der Waals surface area contributed by atoms with Crippen LogP contribution in [0.25, 0.3) is 0 Å². The molecule has 0 aromatic heterocycles. The zero-order valence-electron chi connectivity index (χ0n) is 4.42. The predicted octanol–water partition coefficient (Wildman–Crippen LogP) is -0.808. The Morgan fingerprint density at radius 1 is 1.62 bits per heavy atom. The van der Waals surface area contributed by atoms with Crippen LogP contribution in [-0.4, -0.2) is 24.7 Å². The van der Waals surface area contributed by atoms with Crippen LogP contribution < -0.4 is 5.32 Å². The summed E-state index contributed by atoms with van der Waals surface area (Å²) in [7, 11) is 0. The second-order valence-electron chi connectivity index (χ2n) is 1.14. The number of hydrogen-bond donors (Lipinski definition) is 2. The van der Waals surface area contributed by atoms with E-state index in [2.05, 4.69) is 5.32 Å². The summed E-state index contributed by atoms with van der Waals surface area (Å²) in [5.74, 6) is 0. The molecule has 45 valence electrons. The molecule has 0 atom stereocenters. The number of rotatable bonds is 4. The fourth-order valence-corrected chi connectivity index (χ4v) is 0.258. The van der Waals surface area contributed by atoms with Crippen molar-refractivity contribution in [3.63, 3.8) is 0 Å². The fraction of sp³-hybridized carbons (Fsp3) is 0.400. The largest absolute Gasteiger partial charge is 0.392 e. The Morgan fingerprint density at radius 3 is 2.88 bits per heavy atom. The average molecular weight is 114 g/mol. The van der Waals surface area contributed by atoms with Gasteiger partial charge in [0.05, 0.1) is 6.61 Å². The Morgan fingerprint density at radius 2 is 2.38 bits per heavy atom. The van der Waals surface area contributed by atoms with Crippen molar-refractivity contribution in [2.24, 2.45) is 0 Å². The van der Waals surface area contributed by atoms with E-state index in [1.54, 1.807) is 12.2 Å². The highest BCUT2D eigenvalue weighted by Gasteiger charge is 1.71.